The zero-order chi connectivity index (χ0) is 74.3. The lowest BCUT2D eigenvalue weighted by atomic mass is 9.89. The summed E-state index contributed by atoms with van der Waals surface area (Å²) >= 11 is 0. The molecule has 3 saturated carbocycles. The molecular formula is C84H92F4O16. The molecule has 3 heterocycles. The molecule has 6 aliphatic rings. The maximum atomic E-state index is 13.2. The minimum atomic E-state index is -0.836. The van der Waals surface area contributed by atoms with Crippen LogP contribution in [0.4, 0.5) is 17.6 Å². The maximum absolute atomic E-state index is 13.2. The first-order chi connectivity index (χ1) is 50.0. The van der Waals surface area contributed by atoms with Crippen LogP contribution < -0.4 is 0 Å². The highest BCUT2D eigenvalue weighted by atomic mass is 19.1. The van der Waals surface area contributed by atoms with Crippen LogP contribution in [0.2, 0.25) is 0 Å². The van der Waals surface area contributed by atoms with Gasteiger partial charge < -0.3 is 43.4 Å². The number of cyclic esters (lactones) is 3. The largest absolute Gasteiger partial charge is 0.460 e. The van der Waals surface area contributed by atoms with Crippen molar-refractivity contribution >= 4 is 66.1 Å². The first-order valence-electron chi connectivity index (χ1n) is 35.7. The summed E-state index contributed by atoms with van der Waals surface area (Å²) in [7, 11) is 0. The summed E-state index contributed by atoms with van der Waals surface area (Å²) in [6.45, 7) is 5.56. The average molecular weight is 1430 g/mol. The Morgan fingerprint density at radius 2 is 0.683 bits per heavy atom. The van der Waals surface area contributed by atoms with E-state index in [0.717, 1.165) is 51.4 Å². The lowest BCUT2D eigenvalue weighted by Gasteiger charge is -2.24. The van der Waals surface area contributed by atoms with E-state index in [0.29, 0.717) is 67.2 Å². The van der Waals surface area contributed by atoms with Crippen molar-refractivity contribution in [1.82, 2.24) is 0 Å². The van der Waals surface area contributed by atoms with Gasteiger partial charge in [0.15, 0.2) is 0 Å². The molecule has 104 heavy (non-hydrogen) atoms. The van der Waals surface area contributed by atoms with Crippen molar-refractivity contribution < 1.29 is 94.5 Å². The van der Waals surface area contributed by atoms with Gasteiger partial charge in [0, 0.05) is 54.4 Å². The van der Waals surface area contributed by atoms with Gasteiger partial charge in [-0.15, -0.1) is 0 Å². The summed E-state index contributed by atoms with van der Waals surface area (Å²) in [5.74, 6) is -5.67. The minimum Gasteiger partial charge on any atom is -0.460 e. The van der Waals surface area contributed by atoms with Crippen LogP contribution in [0.15, 0.2) is 194 Å². The van der Waals surface area contributed by atoms with Crippen molar-refractivity contribution in [3.8, 4) is 0 Å². The van der Waals surface area contributed by atoms with Gasteiger partial charge in [-0.2, -0.15) is 0 Å². The molecule has 3 aliphatic carbocycles. The van der Waals surface area contributed by atoms with Gasteiger partial charge in [-0.25, -0.2) is 51.1 Å². The smallest absolute Gasteiger partial charge is 0.331 e. The lowest BCUT2D eigenvalue weighted by Crippen LogP contribution is -2.27. The Hall–Kier alpha value is -9.79. The standard InChI is InChI=1S/C34H34F2O6.2C25H29FO5/c1-23-5-3-2-4-6-26-21-29(41-33(38)18-11-24-7-13-27(35)14-8-24)22-30(26)31(17-20-32(37)40-23)42-34(39)19-12-25-9-15-28(36)16-10-25;1-17-5-3-2-4-6-19-15-21(16-22(19)23(27)12-14-24(28)30-17)31-25(29)13-9-18-7-10-20(26)11-8-18;1-17-5-3-2-4-6-19-15-21(27)16-22(19)23(12-14-24(28)30-17)31-25(29)13-9-18-7-10-20(26)11-8-18/h4,6-20,23,26,29-31H,2-3,5,21-22H2,1H3;2*4,6-14,17,19,21-23,27H,2-3,5,15-16H2,1H3/b6-4+,18-11+,19-12+,20-17+;2*6-4+,13-9+,14-12+/t23-,26+,29-,30+,31+;2*17-,19+,21-,22+,23+/m000/s1. The fraction of sp³-hybridized carbons (Fsp3) is 0.393. The van der Waals surface area contributed by atoms with E-state index in [2.05, 4.69) is 36.5 Å². The molecule has 552 valence electrons. The number of hydrogen-bond donors (Lipinski definition) is 2. The number of rotatable bonds is 12. The highest BCUT2D eigenvalue weighted by Crippen LogP contribution is 2.41. The monoisotopic (exact) mass is 1430 g/mol. The SMILES string of the molecule is C[C@H]1CCC/C=C/[C@@H]2C[C@H](O)C[C@H]2[C@H](OC(=O)/C=C/c2ccc(F)cc2)/C=C/C(=O)O1.C[C@H]1CCC/C=C/[C@@H]2C[C@H](OC(=O)/C=C/c3ccc(F)cc3)C[C@H]2[C@H](O)/C=C/C(=O)O1.C[C@H]1CCC/C=C/[C@@H]2C[C@H](OC(=O)/C=C/c3ccc(F)cc3)C[C@H]2[C@H](OC(=O)/C=C/c2ccc(F)cc2)/C=C/C(=O)O1. The Morgan fingerprint density at radius 1 is 0.385 bits per heavy atom. The van der Waals surface area contributed by atoms with Gasteiger partial charge in [-0.05, 0) is 254 Å². The summed E-state index contributed by atoms with van der Waals surface area (Å²) in [6, 6.07) is 22.9. The maximum Gasteiger partial charge on any atom is 0.331 e. The predicted octanol–water partition coefficient (Wildman–Crippen LogP) is 15.5. The van der Waals surface area contributed by atoms with Gasteiger partial charge in [-0.3, -0.25) is 0 Å². The molecule has 3 fully saturated rings. The Labute approximate surface area is 605 Å². The molecule has 0 amide bonds. The zero-order valence-electron chi connectivity index (χ0n) is 58.7. The van der Waals surface area contributed by atoms with Crippen molar-refractivity contribution in [3.63, 3.8) is 0 Å². The fourth-order valence-corrected chi connectivity index (χ4v) is 13.4. The number of aliphatic hydroxyl groups excluding tert-OH is 2. The molecule has 0 unspecified atom stereocenters. The van der Waals surface area contributed by atoms with Crippen LogP contribution in [0.3, 0.4) is 0 Å². The predicted molar refractivity (Wildman–Crippen MR) is 385 cm³/mol. The Balaban J connectivity index is 0.000000201. The third kappa shape index (κ3) is 28.1. The Kier molecular flexibility index (Phi) is 31.9. The molecule has 4 aromatic rings. The van der Waals surface area contributed by atoms with Crippen LogP contribution in [-0.2, 0) is 66.7 Å². The minimum absolute atomic E-state index is 0.0488. The summed E-state index contributed by atoms with van der Waals surface area (Å²) in [5, 5.41) is 20.8. The van der Waals surface area contributed by atoms with Gasteiger partial charge in [0.05, 0.1) is 30.5 Å². The topological polar surface area (TPSA) is 225 Å². The molecule has 0 aromatic heterocycles. The second kappa shape index (κ2) is 41.5. The van der Waals surface area contributed by atoms with E-state index in [1.165, 1.54) is 121 Å². The molecule has 10 rings (SSSR count). The van der Waals surface area contributed by atoms with E-state index in [1.54, 1.807) is 60.7 Å². The molecule has 0 saturated heterocycles. The van der Waals surface area contributed by atoms with Gasteiger partial charge in [0.1, 0.15) is 47.7 Å². The number of allylic oxidation sites excluding steroid dienone is 6. The summed E-state index contributed by atoms with van der Waals surface area (Å²) in [5.41, 5.74) is 2.65. The molecule has 16 nitrogen and oxygen atoms in total. The number of hydrogen-bond acceptors (Lipinski definition) is 16. The third-order valence-electron chi connectivity index (χ3n) is 18.7. The van der Waals surface area contributed by atoms with E-state index < -0.39 is 72.3 Å². The first-order valence-corrected chi connectivity index (χ1v) is 35.7. The second-order valence-electron chi connectivity index (χ2n) is 26.9. The summed E-state index contributed by atoms with van der Waals surface area (Å²) in [4.78, 5) is 86.7. The number of carbonyl (C=O) groups excluding carboxylic acids is 7. The van der Waals surface area contributed by atoms with E-state index in [1.807, 2.05) is 20.8 Å². The first kappa shape index (κ1) is 79.9. The van der Waals surface area contributed by atoms with Crippen molar-refractivity contribution in [1.29, 1.82) is 0 Å². The molecule has 0 spiro atoms. The van der Waals surface area contributed by atoms with E-state index in [4.69, 9.17) is 33.2 Å². The highest BCUT2D eigenvalue weighted by molar-refractivity contribution is 5.89. The van der Waals surface area contributed by atoms with E-state index in [9.17, 15) is 61.3 Å². The summed E-state index contributed by atoms with van der Waals surface area (Å²) < 4.78 is 91.3. The van der Waals surface area contributed by atoms with Crippen LogP contribution in [0.25, 0.3) is 24.3 Å². The molecule has 2 N–H and O–H groups in total. The number of ether oxygens (including phenoxy) is 7. The average Bonchev–Trinajstić information content (AvgIpc) is 1.70. The van der Waals surface area contributed by atoms with Crippen LogP contribution in [0, 0.1) is 58.8 Å². The van der Waals surface area contributed by atoms with Crippen molar-refractivity contribution in [2.75, 3.05) is 0 Å². The fourth-order valence-electron chi connectivity index (χ4n) is 13.4. The molecule has 20 heteroatoms. The summed E-state index contributed by atoms with van der Waals surface area (Å²) in [6.07, 6.45) is 38.6. The van der Waals surface area contributed by atoms with Gasteiger partial charge in [-0.1, -0.05) is 85.0 Å². The van der Waals surface area contributed by atoms with E-state index >= 15 is 0 Å². The molecular weight excluding hydrogens is 1340 g/mol. The van der Waals surface area contributed by atoms with Crippen molar-refractivity contribution in [2.45, 2.75) is 172 Å². The Bertz CT molecular complexity index is 3780. The number of benzene rings is 4. The number of carbonyl (C=O) groups is 7. The van der Waals surface area contributed by atoms with Crippen LogP contribution in [0.5, 0.6) is 0 Å². The number of halogens is 4. The van der Waals surface area contributed by atoms with Gasteiger partial charge >= 0.3 is 41.8 Å². The van der Waals surface area contributed by atoms with E-state index in [-0.39, 0.29) is 83.2 Å². The third-order valence-corrected chi connectivity index (χ3v) is 18.7. The highest BCUT2D eigenvalue weighted by Gasteiger charge is 2.42. The molecule has 15 atom stereocenters. The molecule has 0 bridgehead atoms. The molecule has 4 aromatic carbocycles. The normalized spacial score (nSPS) is 29.5. The lowest BCUT2D eigenvalue weighted by molar-refractivity contribution is -0.146. The second-order valence-corrected chi connectivity index (χ2v) is 26.9. The van der Waals surface area contributed by atoms with Crippen molar-refractivity contribution in [2.24, 2.45) is 35.5 Å². The quantitative estimate of drug-likeness (QED) is 0.0442. The molecule has 3 aliphatic heterocycles. The zero-order valence-corrected chi connectivity index (χ0v) is 58.7. The Morgan fingerprint density at radius 3 is 1.04 bits per heavy atom. The van der Waals surface area contributed by atoms with Gasteiger partial charge in [0.2, 0.25) is 0 Å². The number of esters is 7. The van der Waals surface area contributed by atoms with Crippen molar-refractivity contribution in [3.05, 3.63) is 240 Å². The van der Waals surface area contributed by atoms with Crippen LogP contribution in [-0.4, -0.2) is 107 Å². The van der Waals surface area contributed by atoms with Crippen LogP contribution in [0.1, 0.15) is 139 Å². The molecule has 0 radical (unpaired) electrons. The van der Waals surface area contributed by atoms with Crippen LogP contribution >= 0.6 is 0 Å². The van der Waals surface area contributed by atoms with Gasteiger partial charge in [0.25, 0.3) is 0 Å². The number of fused-ring (bicyclic) bond motifs is 3. The number of aliphatic hydroxyl groups is 2.